The van der Waals surface area contributed by atoms with Crippen LogP contribution in [0.25, 0.3) is 21.8 Å². The van der Waals surface area contributed by atoms with Crippen LogP contribution in [-0.4, -0.2) is 22.3 Å². The fraction of sp³-hybridized carbons (Fsp3) is 0.217. The predicted molar refractivity (Wildman–Crippen MR) is 107 cm³/mol. The number of benzene rings is 3. The Balaban J connectivity index is 1.53. The fourth-order valence-corrected chi connectivity index (χ4v) is 3.74. The number of para-hydroxylation sites is 2. The minimum absolute atomic E-state index is 0.337. The summed E-state index contributed by atoms with van der Waals surface area (Å²) in [6, 6.07) is 27.6. The Kier molecular flexibility index (Phi) is 4.74. The molecule has 3 nitrogen and oxygen atoms in total. The summed E-state index contributed by atoms with van der Waals surface area (Å²) in [5.74, 6) is 0. The number of hydrogen-bond acceptors (Lipinski definition) is 1. The molecule has 3 aromatic carbocycles. The van der Waals surface area contributed by atoms with Crippen molar-refractivity contribution in [2.75, 3.05) is 6.54 Å². The van der Waals surface area contributed by atoms with Crippen molar-refractivity contribution in [1.29, 1.82) is 0 Å². The Morgan fingerprint density at radius 1 is 0.808 bits per heavy atom. The molecule has 2 atom stereocenters. The molecule has 0 saturated carbocycles. The molecule has 0 amide bonds. The summed E-state index contributed by atoms with van der Waals surface area (Å²) in [7, 11) is 0. The first-order valence-electron chi connectivity index (χ1n) is 9.26. The van der Waals surface area contributed by atoms with Gasteiger partial charge in [0.05, 0.1) is 6.54 Å². The summed E-state index contributed by atoms with van der Waals surface area (Å²) < 4.78 is 2.25. The van der Waals surface area contributed by atoms with Gasteiger partial charge in [-0.25, -0.2) is 0 Å². The maximum atomic E-state index is 10.7. The maximum Gasteiger partial charge on any atom is 0.121 e. The van der Waals surface area contributed by atoms with Crippen LogP contribution in [0.2, 0.25) is 0 Å². The van der Waals surface area contributed by atoms with E-state index in [1.165, 1.54) is 27.4 Å². The van der Waals surface area contributed by atoms with Gasteiger partial charge in [0.15, 0.2) is 0 Å². The number of nitrogens with zero attached hydrogens (tertiary/aromatic N) is 1. The molecule has 0 spiro atoms. The van der Waals surface area contributed by atoms with Gasteiger partial charge in [-0.15, -0.1) is 0 Å². The highest BCUT2D eigenvalue weighted by Crippen LogP contribution is 2.28. The van der Waals surface area contributed by atoms with E-state index in [2.05, 4.69) is 89.6 Å². The van der Waals surface area contributed by atoms with Crippen molar-refractivity contribution in [3.63, 3.8) is 0 Å². The number of hydrogen-bond donors (Lipinski definition) is 2. The molecule has 0 aliphatic rings. The molecule has 1 aromatic heterocycles. The Bertz CT molecular complexity index is 953. The SMILES string of the molecule is C[C@H]([NH2+]C[C@@H](O)Cn1c2ccccc2c2ccccc21)c1ccccc1. The van der Waals surface area contributed by atoms with Gasteiger partial charge in [-0.2, -0.15) is 0 Å². The summed E-state index contributed by atoms with van der Waals surface area (Å²) in [6.45, 7) is 3.46. The zero-order chi connectivity index (χ0) is 17.9. The second-order valence-corrected chi connectivity index (χ2v) is 6.97. The summed E-state index contributed by atoms with van der Waals surface area (Å²) in [5.41, 5.74) is 3.66. The summed E-state index contributed by atoms with van der Waals surface area (Å²) >= 11 is 0. The van der Waals surface area contributed by atoms with Crippen molar-refractivity contribution >= 4 is 21.8 Å². The lowest BCUT2D eigenvalue weighted by atomic mass is 10.1. The Morgan fingerprint density at radius 3 is 1.96 bits per heavy atom. The molecule has 0 bridgehead atoms. The van der Waals surface area contributed by atoms with E-state index >= 15 is 0 Å². The van der Waals surface area contributed by atoms with Crippen molar-refractivity contribution in [3.8, 4) is 0 Å². The molecular formula is C23H25N2O+. The van der Waals surface area contributed by atoms with Gasteiger partial charge in [-0.05, 0) is 19.1 Å². The van der Waals surface area contributed by atoms with Crippen molar-refractivity contribution in [2.45, 2.75) is 25.6 Å². The lowest BCUT2D eigenvalue weighted by molar-refractivity contribution is -0.698. The highest BCUT2D eigenvalue weighted by molar-refractivity contribution is 6.07. The molecular weight excluding hydrogens is 320 g/mol. The molecule has 3 heteroatoms. The van der Waals surface area contributed by atoms with Crippen LogP contribution in [0.4, 0.5) is 0 Å². The van der Waals surface area contributed by atoms with Crippen LogP contribution in [0.15, 0.2) is 78.9 Å². The Labute approximate surface area is 153 Å². The first kappa shape index (κ1) is 16.8. The van der Waals surface area contributed by atoms with Crippen LogP contribution in [-0.2, 0) is 6.54 Å². The van der Waals surface area contributed by atoms with E-state index in [0.29, 0.717) is 19.1 Å². The first-order valence-corrected chi connectivity index (χ1v) is 9.26. The lowest BCUT2D eigenvalue weighted by Gasteiger charge is -2.16. The zero-order valence-corrected chi connectivity index (χ0v) is 15.0. The van der Waals surface area contributed by atoms with Crippen LogP contribution in [0, 0.1) is 0 Å². The number of rotatable bonds is 6. The van der Waals surface area contributed by atoms with Crippen LogP contribution in [0.1, 0.15) is 18.5 Å². The molecule has 0 fully saturated rings. The van der Waals surface area contributed by atoms with E-state index in [0.717, 1.165) is 0 Å². The van der Waals surface area contributed by atoms with Crippen LogP contribution in [0.3, 0.4) is 0 Å². The number of aliphatic hydroxyl groups is 1. The highest BCUT2D eigenvalue weighted by Gasteiger charge is 2.16. The number of aromatic nitrogens is 1. The van der Waals surface area contributed by atoms with Gasteiger partial charge in [-0.3, -0.25) is 0 Å². The molecule has 1 heterocycles. The molecule has 4 rings (SSSR count). The Hall–Kier alpha value is -2.62. The van der Waals surface area contributed by atoms with Crippen LogP contribution in [0.5, 0.6) is 0 Å². The molecule has 26 heavy (non-hydrogen) atoms. The Morgan fingerprint density at radius 2 is 1.35 bits per heavy atom. The third kappa shape index (κ3) is 3.24. The van der Waals surface area contributed by atoms with Gasteiger partial charge in [0.25, 0.3) is 0 Å². The number of fused-ring (bicyclic) bond motifs is 3. The van der Waals surface area contributed by atoms with Crippen LogP contribution < -0.4 is 5.32 Å². The molecule has 0 unspecified atom stereocenters. The smallest absolute Gasteiger partial charge is 0.121 e. The molecule has 0 aliphatic heterocycles. The highest BCUT2D eigenvalue weighted by atomic mass is 16.3. The van der Waals surface area contributed by atoms with E-state index in [1.54, 1.807) is 0 Å². The summed E-state index contributed by atoms with van der Waals surface area (Å²) in [6.07, 6.45) is -0.402. The van der Waals surface area contributed by atoms with Crippen molar-refractivity contribution in [1.82, 2.24) is 4.57 Å². The minimum Gasteiger partial charge on any atom is -0.385 e. The fourth-order valence-electron chi connectivity index (χ4n) is 3.74. The summed E-state index contributed by atoms with van der Waals surface area (Å²) in [5, 5.41) is 15.4. The maximum absolute atomic E-state index is 10.7. The molecule has 0 radical (unpaired) electrons. The lowest BCUT2D eigenvalue weighted by Crippen LogP contribution is -2.86. The molecule has 0 aliphatic carbocycles. The van der Waals surface area contributed by atoms with E-state index in [9.17, 15) is 5.11 Å². The molecule has 132 valence electrons. The molecule has 0 saturated heterocycles. The third-order valence-electron chi connectivity index (χ3n) is 5.16. The van der Waals surface area contributed by atoms with E-state index in [-0.39, 0.29) is 0 Å². The summed E-state index contributed by atoms with van der Waals surface area (Å²) in [4.78, 5) is 0. The number of quaternary nitrogens is 1. The minimum atomic E-state index is -0.402. The zero-order valence-electron chi connectivity index (χ0n) is 15.0. The monoisotopic (exact) mass is 345 g/mol. The van der Waals surface area contributed by atoms with E-state index in [4.69, 9.17) is 0 Å². The predicted octanol–water partition coefficient (Wildman–Crippen LogP) is 3.48. The van der Waals surface area contributed by atoms with Gasteiger partial charge >= 0.3 is 0 Å². The average Bonchev–Trinajstić information content (AvgIpc) is 3.01. The number of nitrogens with two attached hydrogens (primary N) is 1. The average molecular weight is 345 g/mol. The quantitative estimate of drug-likeness (QED) is 0.552. The standard InChI is InChI=1S/C23H24N2O/c1-17(18-9-3-2-4-10-18)24-15-19(26)16-25-22-13-7-5-11-20(22)21-12-6-8-14-23(21)25/h2-14,17,19,24,26H,15-16H2,1H3/p+1/t17-,19+/m0/s1. The topological polar surface area (TPSA) is 41.8 Å². The second kappa shape index (κ2) is 7.32. The van der Waals surface area contributed by atoms with Crippen molar-refractivity contribution < 1.29 is 10.4 Å². The van der Waals surface area contributed by atoms with Crippen LogP contribution >= 0.6 is 0 Å². The van der Waals surface area contributed by atoms with Gasteiger partial charge in [-0.1, -0.05) is 66.7 Å². The van der Waals surface area contributed by atoms with Gasteiger partial charge < -0.3 is 15.0 Å². The second-order valence-electron chi connectivity index (χ2n) is 6.97. The normalized spacial score (nSPS) is 13.9. The first-order chi connectivity index (χ1) is 12.7. The van der Waals surface area contributed by atoms with Crippen molar-refractivity contribution in [2.24, 2.45) is 0 Å². The largest absolute Gasteiger partial charge is 0.385 e. The number of aliphatic hydroxyl groups excluding tert-OH is 1. The van der Waals surface area contributed by atoms with Crippen molar-refractivity contribution in [3.05, 3.63) is 84.4 Å². The molecule has 3 N–H and O–H groups in total. The third-order valence-corrected chi connectivity index (χ3v) is 5.16. The van der Waals surface area contributed by atoms with Gasteiger partial charge in [0, 0.05) is 27.4 Å². The molecule has 4 aromatic rings. The van der Waals surface area contributed by atoms with E-state index < -0.39 is 6.10 Å². The van der Waals surface area contributed by atoms with E-state index in [1.807, 2.05) is 6.07 Å². The van der Waals surface area contributed by atoms with Gasteiger partial charge in [0.1, 0.15) is 18.7 Å². The van der Waals surface area contributed by atoms with Gasteiger partial charge in [0.2, 0.25) is 0 Å².